The lowest BCUT2D eigenvalue weighted by Crippen LogP contribution is -2.44. The molecule has 2 aromatic rings. The quantitative estimate of drug-likeness (QED) is 0.900. The maximum Gasteiger partial charge on any atom is 0.261 e. The topological polar surface area (TPSA) is 81.1 Å². The van der Waals surface area contributed by atoms with Crippen LogP contribution in [0.3, 0.4) is 0 Å². The second-order valence-corrected chi connectivity index (χ2v) is 8.52. The van der Waals surface area contributed by atoms with Crippen LogP contribution in [0.2, 0.25) is 0 Å². The van der Waals surface area contributed by atoms with Gasteiger partial charge >= 0.3 is 0 Å². The predicted molar refractivity (Wildman–Crippen MR) is 90.3 cm³/mol. The van der Waals surface area contributed by atoms with Crippen LogP contribution in [0.4, 0.5) is 0 Å². The van der Waals surface area contributed by atoms with Crippen LogP contribution in [-0.4, -0.2) is 41.6 Å². The highest BCUT2D eigenvalue weighted by Gasteiger charge is 2.24. The van der Waals surface area contributed by atoms with Gasteiger partial charge < -0.3 is 5.32 Å². The van der Waals surface area contributed by atoms with Crippen LogP contribution in [0.15, 0.2) is 35.4 Å². The summed E-state index contributed by atoms with van der Waals surface area (Å²) in [6.45, 7) is 2.52. The van der Waals surface area contributed by atoms with Crippen molar-refractivity contribution in [2.24, 2.45) is 0 Å². The summed E-state index contributed by atoms with van der Waals surface area (Å²) < 4.78 is 24.5. The summed E-state index contributed by atoms with van der Waals surface area (Å²) in [6.07, 6.45) is 2.85. The molecule has 1 aliphatic rings. The molecule has 1 fully saturated rings. The fourth-order valence-electron chi connectivity index (χ4n) is 3.04. The minimum Gasteiger partial charge on any atom is -0.310 e. The molecule has 0 spiro atoms. The third-order valence-electron chi connectivity index (χ3n) is 4.28. The Bertz CT molecular complexity index is 846. The average molecular weight is 335 g/mol. The Kier molecular flexibility index (Phi) is 4.50. The fraction of sp³-hybridized carbons (Fsp3) is 0.500. The third kappa shape index (κ3) is 3.79. The Morgan fingerprint density at radius 1 is 1.30 bits per heavy atom. The average Bonchev–Trinajstić information content (AvgIpc) is 2.52. The van der Waals surface area contributed by atoms with Crippen molar-refractivity contribution < 1.29 is 8.42 Å². The monoisotopic (exact) mass is 335 g/mol. The number of benzene rings is 1. The van der Waals surface area contributed by atoms with E-state index in [0.717, 1.165) is 0 Å². The first kappa shape index (κ1) is 16.1. The standard InChI is InChI=1S/C16H21N3O3S/c1-12(18-13-6-8-23(21,22)9-7-13)10-19-11-17-15-5-3-2-4-14(15)16(19)20/h2-5,11-13,18H,6-10H2,1H3. The van der Waals surface area contributed by atoms with E-state index in [1.807, 2.05) is 25.1 Å². The van der Waals surface area contributed by atoms with Gasteiger partial charge in [0.1, 0.15) is 9.84 Å². The molecule has 3 rings (SSSR count). The molecule has 1 aliphatic heterocycles. The van der Waals surface area contributed by atoms with Crippen molar-refractivity contribution in [3.8, 4) is 0 Å². The molecule has 23 heavy (non-hydrogen) atoms. The first-order valence-corrected chi connectivity index (χ1v) is 9.67. The lowest BCUT2D eigenvalue weighted by Gasteiger charge is -2.27. The van der Waals surface area contributed by atoms with E-state index in [9.17, 15) is 13.2 Å². The molecule has 6 nitrogen and oxygen atoms in total. The Balaban J connectivity index is 1.67. The van der Waals surface area contributed by atoms with E-state index >= 15 is 0 Å². The van der Waals surface area contributed by atoms with Crippen LogP contribution in [0.5, 0.6) is 0 Å². The van der Waals surface area contributed by atoms with Crippen molar-refractivity contribution in [2.75, 3.05) is 11.5 Å². The molecule has 2 heterocycles. The SMILES string of the molecule is CC(Cn1cnc2ccccc2c1=O)NC1CCS(=O)(=O)CC1. The number of para-hydroxylation sites is 1. The van der Waals surface area contributed by atoms with Gasteiger partial charge in [0, 0.05) is 18.6 Å². The van der Waals surface area contributed by atoms with Gasteiger partial charge in [0.2, 0.25) is 0 Å². The van der Waals surface area contributed by atoms with Crippen LogP contribution in [-0.2, 0) is 16.4 Å². The smallest absolute Gasteiger partial charge is 0.261 e. The van der Waals surface area contributed by atoms with Crippen LogP contribution in [0, 0.1) is 0 Å². The molecule has 1 unspecified atom stereocenters. The summed E-state index contributed by atoms with van der Waals surface area (Å²) in [5.74, 6) is 0.490. The highest BCUT2D eigenvalue weighted by molar-refractivity contribution is 7.91. The van der Waals surface area contributed by atoms with Gasteiger partial charge in [-0.1, -0.05) is 12.1 Å². The van der Waals surface area contributed by atoms with Crippen LogP contribution in [0.25, 0.3) is 10.9 Å². The van der Waals surface area contributed by atoms with E-state index in [-0.39, 0.29) is 29.1 Å². The minimum absolute atomic E-state index is 0.0459. The van der Waals surface area contributed by atoms with Gasteiger partial charge in [-0.25, -0.2) is 13.4 Å². The molecule has 1 aromatic heterocycles. The number of nitrogens with zero attached hydrogens (tertiary/aromatic N) is 2. The zero-order chi connectivity index (χ0) is 16.4. The summed E-state index contributed by atoms with van der Waals surface area (Å²) in [7, 11) is -2.85. The Morgan fingerprint density at radius 2 is 2.00 bits per heavy atom. The summed E-state index contributed by atoms with van der Waals surface area (Å²) in [4.78, 5) is 16.8. The zero-order valence-corrected chi connectivity index (χ0v) is 13.9. The molecular weight excluding hydrogens is 314 g/mol. The number of aromatic nitrogens is 2. The van der Waals surface area contributed by atoms with Crippen LogP contribution >= 0.6 is 0 Å². The minimum atomic E-state index is -2.85. The van der Waals surface area contributed by atoms with Gasteiger partial charge in [-0.05, 0) is 31.9 Å². The van der Waals surface area contributed by atoms with E-state index < -0.39 is 9.84 Å². The van der Waals surface area contributed by atoms with Gasteiger partial charge in [-0.2, -0.15) is 0 Å². The third-order valence-corrected chi connectivity index (χ3v) is 5.99. The molecule has 0 saturated carbocycles. The maximum absolute atomic E-state index is 12.5. The summed E-state index contributed by atoms with van der Waals surface area (Å²) in [5.41, 5.74) is 0.655. The van der Waals surface area contributed by atoms with Gasteiger partial charge in [0.05, 0.1) is 28.7 Å². The van der Waals surface area contributed by atoms with Gasteiger partial charge in [-0.15, -0.1) is 0 Å². The number of hydrogen-bond donors (Lipinski definition) is 1. The van der Waals surface area contributed by atoms with E-state index in [0.29, 0.717) is 30.3 Å². The van der Waals surface area contributed by atoms with Crippen molar-refractivity contribution in [3.63, 3.8) is 0 Å². The van der Waals surface area contributed by atoms with E-state index in [2.05, 4.69) is 10.3 Å². The Morgan fingerprint density at radius 3 is 2.74 bits per heavy atom. The van der Waals surface area contributed by atoms with Crippen molar-refractivity contribution >= 4 is 20.7 Å². The molecule has 0 amide bonds. The van der Waals surface area contributed by atoms with Crippen molar-refractivity contribution in [3.05, 3.63) is 40.9 Å². The molecular formula is C16H21N3O3S. The molecule has 124 valence electrons. The van der Waals surface area contributed by atoms with E-state index in [4.69, 9.17) is 0 Å². The second-order valence-electron chi connectivity index (χ2n) is 6.21. The molecule has 1 N–H and O–H groups in total. The molecule has 1 aromatic carbocycles. The molecule has 0 bridgehead atoms. The molecule has 0 aliphatic carbocycles. The van der Waals surface area contributed by atoms with Crippen molar-refractivity contribution in [1.29, 1.82) is 0 Å². The molecule has 7 heteroatoms. The predicted octanol–water partition coefficient (Wildman–Crippen LogP) is 0.952. The number of fused-ring (bicyclic) bond motifs is 1. The van der Waals surface area contributed by atoms with Gasteiger partial charge in [0.25, 0.3) is 5.56 Å². The first-order chi connectivity index (χ1) is 10.9. The fourth-order valence-corrected chi connectivity index (χ4v) is 4.53. The van der Waals surface area contributed by atoms with Crippen LogP contribution in [0.1, 0.15) is 19.8 Å². The zero-order valence-electron chi connectivity index (χ0n) is 13.1. The summed E-state index contributed by atoms with van der Waals surface area (Å²) >= 11 is 0. The Hall–Kier alpha value is -1.73. The lowest BCUT2D eigenvalue weighted by atomic mass is 10.1. The highest BCUT2D eigenvalue weighted by Crippen LogP contribution is 2.13. The number of nitrogens with one attached hydrogen (secondary N) is 1. The van der Waals surface area contributed by atoms with Crippen molar-refractivity contribution in [2.45, 2.75) is 38.4 Å². The summed E-state index contributed by atoms with van der Waals surface area (Å²) in [6, 6.07) is 7.57. The highest BCUT2D eigenvalue weighted by atomic mass is 32.2. The van der Waals surface area contributed by atoms with Gasteiger partial charge in [0.15, 0.2) is 0 Å². The molecule has 1 atom stereocenters. The van der Waals surface area contributed by atoms with E-state index in [1.54, 1.807) is 17.0 Å². The number of hydrogen-bond acceptors (Lipinski definition) is 5. The maximum atomic E-state index is 12.5. The Labute approximate surface area is 135 Å². The van der Waals surface area contributed by atoms with Crippen molar-refractivity contribution in [1.82, 2.24) is 14.9 Å². The second kappa shape index (κ2) is 6.41. The lowest BCUT2D eigenvalue weighted by molar-refractivity contribution is 0.381. The van der Waals surface area contributed by atoms with Gasteiger partial charge in [-0.3, -0.25) is 9.36 Å². The molecule has 1 saturated heterocycles. The largest absolute Gasteiger partial charge is 0.310 e. The summed E-state index contributed by atoms with van der Waals surface area (Å²) in [5, 5.41) is 4.05. The van der Waals surface area contributed by atoms with Crippen LogP contribution < -0.4 is 10.9 Å². The van der Waals surface area contributed by atoms with E-state index in [1.165, 1.54) is 0 Å². The normalized spacial score (nSPS) is 19.7. The number of sulfone groups is 1. The first-order valence-electron chi connectivity index (χ1n) is 7.85. The molecule has 0 radical (unpaired) electrons. The number of rotatable bonds is 4.